The Balaban J connectivity index is 1.94. The van der Waals surface area contributed by atoms with Gasteiger partial charge in [0.05, 0.1) is 0 Å². The summed E-state index contributed by atoms with van der Waals surface area (Å²) >= 11 is 0. The number of ether oxygens (including phenoxy) is 1. The van der Waals surface area contributed by atoms with Crippen LogP contribution in [0.15, 0.2) is 36.8 Å². The van der Waals surface area contributed by atoms with Crippen molar-refractivity contribution >= 4 is 5.91 Å². The number of rotatable bonds is 5. The minimum Gasteiger partial charge on any atom is -0.468 e. The second kappa shape index (κ2) is 7.08. The molecule has 2 rings (SSSR count). The van der Waals surface area contributed by atoms with Gasteiger partial charge in [-0.05, 0) is 30.7 Å². The minimum absolute atomic E-state index is 0.0773. The van der Waals surface area contributed by atoms with Gasteiger partial charge in [0.2, 0.25) is 5.88 Å². The standard InChI is InChI=1S/C15H14F3N3O2/c1-10-6-11(8-21-14(10)23-9-15(16,17)18)7-20-13(22)12-2-4-19-5-3-12/h2-6,8H,7,9H2,1H3,(H,20,22). The van der Waals surface area contributed by atoms with E-state index >= 15 is 0 Å². The van der Waals surface area contributed by atoms with Crippen LogP contribution in [0.25, 0.3) is 0 Å². The third-order valence-electron chi connectivity index (χ3n) is 2.85. The van der Waals surface area contributed by atoms with Gasteiger partial charge in [-0.15, -0.1) is 0 Å². The van der Waals surface area contributed by atoms with E-state index in [-0.39, 0.29) is 18.3 Å². The summed E-state index contributed by atoms with van der Waals surface area (Å²) in [6, 6.07) is 4.77. The van der Waals surface area contributed by atoms with Gasteiger partial charge in [-0.2, -0.15) is 13.2 Å². The molecular weight excluding hydrogens is 311 g/mol. The number of nitrogens with one attached hydrogen (secondary N) is 1. The summed E-state index contributed by atoms with van der Waals surface area (Å²) in [5.74, 6) is -0.353. The van der Waals surface area contributed by atoms with Crippen LogP contribution in [0.3, 0.4) is 0 Å². The van der Waals surface area contributed by atoms with Gasteiger partial charge in [-0.1, -0.05) is 0 Å². The highest BCUT2D eigenvalue weighted by Crippen LogP contribution is 2.20. The second-order valence-electron chi connectivity index (χ2n) is 4.79. The Labute approximate surface area is 130 Å². The minimum atomic E-state index is -4.41. The number of aromatic nitrogens is 2. The van der Waals surface area contributed by atoms with E-state index in [9.17, 15) is 18.0 Å². The number of carbonyl (C=O) groups is 1. The number of aryl methyl sites for hydroxylation is 1. The van der Waals surface area contributed by atoms with Crippen molar-refractivity contribution in [3.8, 4) is 5.88 Å². The third kappa shape index (κ3) is 5.24. The Morgan fingerprint density at radius 3 is 2.61 bits per heavy atom. The Hall–Kier alpha value is -2.64. The zero-order valence-corrected chi connectivity index (χ0v) is 12.2. The maximum absolute atomic E-state index is 12.1. The Morgan fingerprint density at radius 2 is 2.00 bits per heavy atom. The molecular formula is C15H14F3N3O2. The average molecular weight is 325 g/mol. The molecule has 2 heterocycles. The van der Waals surface area contributed by atoms with E-state index < -0.39 is 12.8 Å². The monoisotopic (exact) mass is 325 g/mol. The molecule has 23 heavy (non-hydrogen) atoms. The summed E-state index contributed by atoms with van der Waals surface area (Å²) in [5.41, 5.74) is 1.59. The van der Waals surface area contributed by atoms with Crippen molar-refractivity contribution in [3.63, 3.8) is 0 Å². The molecule has 8 heteroatoms. The van der Waals surface area contributed by atoms with Crippen LogP contribution in [0, 0.1) is 6.92 Å². The van der Waals surface area contributed by atoms with Gasteiger partial charge in [0.1, 0.15) is 0 Å². The molecule has 0 saturated carbocycles. The lowest BCUT2D eigenvalue weighted by Crippen LogP contribution is -2.23. The predicted octanol–water partition coefficient (Wildman–Crippen LogP) is 2.66. The highest BCUT2D eigenvalue weighted by atomic mass is 19.4. The van der Waals surface area contributed by atoms with Crippen molar-refractivity contribution in [1.82, 2.24) is 15.3 Å². The van der Waals surface area contributed by atoms with Crippen LogP contribution in [0.4, 0.5) is 13.2 Å². The van der Waals surface area contributed by atoms with Gasteiger partial charge < -0.3 is 10.1 Å². The summed E-state index contributed by atoms with van der Waals surface area (Å²) in [5, 5.41) is 2.69. The van der Waals surface area contributed by atoms with Crippen molar-refractivity contribution in [1.29, 1.82) is 0 Å². The lowest BCUT2D eigenvalue weighted by Gasteiger charge is -2.11. The third-order valence-corrected chi connectivity index (χ3v) is 2.85. The number of hydrogen-bond donors (Lipinski definition) is 1. The van der Waals surface area contributed by atoms with E-state index in [0.717, 1.165) is 0 Å². The molecule has 5 nitrogen and oxygen atoms in total. The molecule has 2 aromatic heterocycles. The molecule has 1 N–H and O–H groups in total. The Morgan fingerprint density at radius 1 is 1.30 bits per heavy atom. The van der Waals surface area contributed by atoms with Crippen molar-refractivity contribution in [2.75, 3.05) is 6.61 Å². The zero-order chi connectivity index (χ0) is 16.9. The smallest absolute Gasteiger partial charge is 0.422 e. The molecule has 2 aromatic rings. The van der Waals surface area contributed by atoms with Crippen molar-refractivity contribution in [2.24, 2.45) is 0 Å². The number of alkyl halides is 3. The number of carbonyl (C=O) groups excluding carboxylic acids is 1. The largest absolute Gasteiger partial charge is 0.468 e. The fourth-order valence-electron chi connectivity index (χ4n) is 1.81. The second-order valence-corrected chi connectivity index (χ2v) is 4.79. The van der Waals surface area contributed by atoms with Crippen LogP contribution in [-0.2, 0) is 6.54 Å². The number of nitrogens with zero attached hydrogens (tertiary/aromatic N) is 2. The van der Waals surface area contributed by atoms with Crippen LogP contribution in [0.2, 0.25) is 0 Å². The van der Waals surface area contributed by atoms with Crippen LogP contribution >= 0.6 is 0 Å². The quantitative estimate of drug-likeness (QED) is 0.918. The zero-order valence-electron chi connectivity index (χ0n) is 12.2. The fourth-order valence-corrected chi connectivity index (χ4v) is 1.81. The van der Waals surface area contributed by atoms with Crippen molar-refractivity contribution in [3.05, 3.63) is 53.5 Å². The van der Waals surface area contributed by atoms with Crippen LogP contribution < -0.4 is 10.1 Å². The summed E-state index contributed by atoms with van der Waals surface area (Å²) in [4.78, 5) is 19.5. The van der Waals surface area contributed by atoms with Gasteiger partial charge in [0.15, 0.2) is 6.61 Å². The highest BCUT2D eigenvalue weighted by molar-refractivity contribution is 5.93. The maximum Gasteiger partial charge on any atom is 0.422 e. The summed E-state index contributed by atoms with van der Waals surface area (Å²) in [6.07, 6.45) is -0.0301. The molecule has 0 aliphatic carbocycles. The van der Waals surface area contributed by atoms with Gasteiger partial charge in [0.25, 0.3) is 5.91 Å². The van der Waals surface area contributed by atoms with E-state index in [2.05, 4.69) is 20.0 Å². The van der Waals surface area contributed by atoms with E-state index in [1.54, 1.807) is 25.1 Å². The van der Waals surface area contributed by atoms with Gasteiger partial charge in [0, 0.05) is 36.3 Å². The first kappa shape index (κ1) is 16.7. The number of amides is 1. The van der Waals surface area contributed by atoms with E-state index in [4.69, 9.17) is 0 Å². The highest BCUT2D eigenvalue weighted by Gasteiger charge is 2.28. The topological polar surface area (TPSA) is 64.1 Å². The molecule has 0 spiro atoms. The number of pyridine rings is 2. The van der Waals surface area contributed by atoms with Crippen LogP contribution in [0.5, 0.6) is 5.88 Å². The molecule has 0 atom stereocenters. The molecule has 0 saturated heterocycles. The maximum atomic E-state index is 12.1. The molecule has 122 valence electrons. The first-order chi connectivity index (χ1) is 10.8. The van der Waals surface area contributed by atoms with E-state index in [1.165, 1.54) is 18.6 Å². The SMILES string of the molecule is Cc1cc(CNC(=O)c2ccncc2)cnc1OCC(F)(F)F. The van der Waals surface area contributed by atoms with Crippen LogP contribution in [0.1, 0.15) is 21.5 Å². The lowest BCUT2D eigenvalue weighted by molar-refractivity contribution is -0.154. The molecule has 0 aromatic carbocycles. The number of hydrogen-bond acceptors (Lipinski definition) is 4. The lowest BCUT2D eigenvalue weighted by atomic mass is 10.2. The molecule has 0 aliphatic rings. The molecule has 0 aliphatic heterocycles. The molecule has 0 radical (unpaired) electrons. The van der Waals surface area contributed by atoms with E-state index in [0.29, 0.717) is 16.7 Å². The first-order valence-corrected chi connectivity index (χ1v) is 6.68. The van der Waals surface area contributed by atoms with Gasteiger partial charge >= 0.3 is 6.18 Å². The molecule has 0 bridgehead atoms. The predicted molar refractivity (Wildman–Crippen MR) is 75.9 cm³/mol. The van der Waals surface area contributed by atoms with Gasteiger partial charge in [-0.25, -0.2) is 4.98 Å². The van der Waals surface area contributed by atoms with E-state index in [1.807, 2.05) is 0 Å². The molecule has 0 unspecified atom stereocenters. The fraction of sp³-hybridized carbons (Fsp3) is 0.267. The van der Waals surface area contributed by atoms with Crippen LogP contribution in [-0.4, -0.2) is 28.7 Å². The normalized spacial score (nSPS) is 11.1. The van der Waals surface area contributed by atoms with Crippen molar-refractivity contribution < 1.29 is 22.7 Å². The first-order valence-electron chi connectivity index (χ1n) is 6.68. The summed E-state index contributed by atoms with van der Waals surface area (Å²) in [7, 11) is 0. The molecule has 1 amide bonds. The molecule has 0 fully saturated rings. The Kier molecular flexibility index (Phi) is 5.15. The average Bonchev–Trinajstić information content (AvgIpc) is 2.51. The van der Waals surface area contributed by atoms with Crippen molar-refractivity contribution in [2.45, 2.75) is 19.6 Å². The summed E-state index contributed by atoms with van der Waals surface area (Å²) < 4.78 is 41.0. The Bertz CT molecular complexity index is 675. The summed E-state index contributed by atoms with van der Waals surface area (Å²) in [6.45, 7) is 0.403. The number of halogens is 3. The van der Waals surface area contributed by atoms with Gasteiger partial charge in [-0.3, -0.25) is 9.78 Å².